The van der Waals surface area contributed by atoms with E-state index in [2.05, 4.69) is 158 Å². The molecule has 0 aliphatic heterocycles. The number of benzene rings is 10. The van der Waals surface area contributed by atoms with Gasteiger partial charge in [-0.25, -0.2) is 9.97 Å². The van der Waals surface area contributed by atoms with E-state index in [9.17, 15) is 0 Å². The van der Waals surface area contributed by atoms with Crippen molar-refractivity contribution < 1.29 is 4.42 Å². The zero-order chi connectivity index (χ0) is 38.6. The van der Waals surface area contributed by atoms with Gasteiger partial charge < -0.3 is 4.42 Å². The number of nitrogens with zero attached hydrogens (tertiary/aromatic N) is 2. The van der Waals surface area contributed by atoms with Gasteiger partial charge in [0.25, 0.3) is 0 Å². The van der Waals surface area contributed by atoms with E-state index in [0.717, 1.165) is 61.1 Å². The van der Waals surface area contributed by atoms with Gasteiger partial charge in [0.05, 0.1) is 11.4 Å². The van der Waals surface area contributed by atoms with Crippen molar-refractivity contribution in [1.29, 1.82) is 0 Å². The molecule has 0 fully saturated rings. The van der Waals surface area contributed by atoms with Crippen LogP contribution >= 0.6 is 0 Å². The Hall–Kier alpha value is -7.88. The molecule has 2 heterocycles. The van der Waals surface area contributed by atoms with Gasteiger partial charge in [0.2, 0.25) is 0 Å². The highest BCUT2D eigenvalue weighted by Crippen LogP contribution is 2.46. The third kappa shape index (κ3) is 4.76. The molecule has 3 nitrogen and oxygen atoms in total. The van der Waals surface area contributed by atoms with Crippen molar-refractivity contribution in [2.24, 2.45) is 0 Å². The molecule has 0 aliphatic rings. The molecule has 0 atom stereocenters. The summed E-state index contributed by atoms with van der Waals surface area (Å²) in [5, 5.41) is 17.3. The molecular formula is C56H32N2O. The Balaban J connectivity index is 1.12. The number of fused-ring (bicyclic) bond motifs is 5. The topological polar surface area (TPSA) is 38.9 Å². The number of furan rings is 1. The standard InChI is InChI=1S/C56H32N2O/c1-2-12-36(13-3-1)56-57-47(32-48(58-56)44-23-11-25-50-55(44)45-19-6-7-24-49(45)59-50)40-18-5-4-17-39(40)38-30-37-29-28-35-15-9-21-42-41-20-8-14-33-26-27-34-16-10-22-43(53(34)51(33)41)46(31-38)54(37)52(35)42/h1-32H. The molecule has 13 aromatic rings. The predicted molar refractivity (Wildman–Crippen MR) is 247 cm³/mol. The van der Waals surface area contributed by atoms with Crippen LogP contribution in [0.25, 0.3) is 132 Å². The monoisotopic (exact) mass is 748 g/mol. The van der Waals surface area contributed by atoms with E-state index in [-0.39, 0.29) is 0 Å². The highest BCUT2D eigenvalue weighted by atomic mass is 16.3. The molecule has 2 aromatic heterocycles. The molecule has 0 N–H and O–H groups in total. The molecule has 59 heavy (non-hydrogen) atoms. The average molecular weight is 749 g/mol. The Morgan fingerprint density at radius 3 is 1.51 bits per heavy atom. The Bertz CT molecular complexity index is 3840. The second-order valence-corrected chi connectivity index (χ2v) is 15.6. The Kier molecular flexibility index (Phi) is 6.72. The zero-order valence-electron chi connectivity index (χ0n) is 31.8. The largest absolute Gasteiger partial charge is 0.456 e. The number of hydrogen-bond donors (Lipinski definition) is 0. The Morgan fingerprint density at radius 1 is 0.288 bits per heavy atom. The minimum absolute atomic E-state index is 0.677. The molecule has 3 heteroatoms. The van der Waals surface area contributed by atoms with Crippen LogP contribution in [-0.2, 0) is 0 Å². The predicted octanol–water partition coefficient (Wildman–Crippen LogP) is 15.4. The molecule has 13 rings (SSSR count). The molecule has 0 radical (unpaired) electrons. The number of aromatic nitrogens is 2. The maximum absolute atomic E-state index is 6.34. The van der Waals surface area contributed by atoms with Crippen LogP contribution in [0.3, 0.4) is 0 Å². The van der Waals surface area contributed by atoms with Gasteiger partial charge in [-0.15, -0.1) is 0 Å². The number of rotatable bonds is 4. The second kappa shape index (κ2) is 12.3. The summed E-state index contributed by atoms with van der Waals surface area (Å²) >= 11 is 0. The first-order valence-electron chi connectivity index (χ1n) is 20.1. The van der Waals surface area contributed by atoms with E-state index in [1.165, 1.54) is 64.6 Å². The first kappa shape index (κ1) is 32.2. The first-order valence-corrected chi connectivity index (χ1v) is 20.1. The summed E-state index contributed by atoms with van der Waals surface area (Å²) in [7, 11) is 0. The van der Waals surface area contributed by atoms with Gasteiger partial charge in [-0.1, -0.05) is 164 Å². The molecule has 0 amide bonds. The Labute approximate surface area is 338 Å². The van der Waals surface area contributed by atoms with Crippen molar-refractivity contribution in [3.05, 3.63) is 194 Å². The number of para-hydroxylation sites is 1. The van der Waals surface area contributed by atoms with Gasteiger partial charge in [0, 0.05) is 27.5 Å². The first-order chi connectivity index (χ1) is 29.2. The van der Waals surface area contributed by atoms with Crippen molar-refractivity contribution in [2.45, 2.75) is 0 Å². The van der Waals surface area contributed by atoms with Crippen LogP contribution in [-0.4, -0.2) is 9.97 Å². The van der Waals surface area contributed by atoms with E-state index in [1.54, 1.807) is 0 Å². The molecule has 0 unspecified atom stereocenters. The fourth-order valence-corrected chi connectivity index (χ4v) is 9.83. The maximum Gasteiger partial charge on any atom is 0.160 e. The van der Waals surface area contributed by atoms with Crippen molar-refractivity contribution >= 4 is 86.6 Å². The van der Waals surface area contributed by atoms with Crippen molar-refractivity contribution in [1.82, 2.24) is 9.97 Å². The summed E-state index contributed by atoms with van der Waals surface area (Å²) in [6.45, 7) is 0. The fraction of sp³-hybridized carbons (Fsp3) is 0. The lowest BCUT2D eigenvalue weighted by Crippen LogP contribution is -1.97. The van der Waals surface area contributed by atoms with Crippen molar-refractivity contribution in [3.63, 3.8) is 0 Å². The van der Waals surface area contributed by atoms with Gasteiger partial charge in [-0.05, 0) is 106 Å². The van der Waals surface area contributed by atoms with Crippen LogP contribution in [0.15, 0.2) is 199 Å². The smallest absolute Gasteiger partial charge is 0.160 e. The lowest BCUT2D eigenvalue weighted by atomic mass is 9.86. The van der Waals surface area contributed by atoms with Gasteiger partial charge in [0.1, 0.15) is 11.2 Å². The minimum Gasteiger partial charge on any atom is -0.456 e. The van der Waals surface area contributed by atoms with Crippen LogP contribution in [0, 0.1) is 0 Å². The summed E-state index contributed by atoms with van der Waals surface area (Å²) in [6.07, 6.45) is 0. The fourth-order valence-electron chi connectivity index (χ4n) is 9.83. The second-order valence-electron chi connectivity index (χ2n) is 15.6. The summed E-state index contributed by atoms with van der Waals surface area (Å²) in [5.41, 5.74) is 8.68. The number of hydrogen-bond acceptors (Lipinski definition) is 3. The molecule has 0 saturated heterocycles. The SMILES string of the molecule is c1ccc(-c2nc(-c3ccccc3-c3cc4ccc5cccc6c7cccc8ccc9cccc(c(c3)c4c56)c9c87)cc(-c3cccc4oc5ccccc5c34)n2)cc1. The molecule has 0 bridgehead atoms. The lowest BCUT2D eigenvalue weighted by molar-refractivity contribution is 0.669. The summed E-state index contributed by atoms with van der Waals surface area (Å²) in [4.78, 5) is 10.6. The van der Waals surface area contributed by atoms with Crippen molar-refractivity contribution in [2.75, 3.05) is 0 Å². The van der Waals surface area contributed by atoms with Crippen LogP contribution in [0.4, 0.5) is 0 Å². The normalized spacial score (nSPS) is 12.1. The Morgan fingerprint density at radius 2 is 0.797 bits per heavy atom. The zero-order valence-corrected chi connectivity index (χ0v) is 31.8. The van der Waals surface area contributed by atoms with Gasteiger partial charge in [-0.3, -0.25) is 0 Å². The van der Waals surface area contributed by atoms with E-state index in [4.69, 9.17) is 14.4 Å². The van der Waals surface area contributed by atoms with Gasteiger partial charge in [0.15, 0.2) is 5.82 Å². The minimum atomic E-state index is 0.677. The molecule has 0 aliphatic carbocycles. The summed E-state index contributed by atoms with van der Waals surface area (Å²) < 4.78 is 6.34. The molecule has 11 aromatic carbocycles. The van der Waals surface area contributed by atoms with Gasteiger partial charge in [-0.2, -0.15) is 0 Å². The van der Waals surface area contributed by atoms with E-state index >= 15 is 0 Å². The van der Waals surface area contributed by atoms with E-state index in [0.29, 0.717) is 5.82 Å². The van der Waals surface area contributed by atoms with Crippen LogP contribution in [0.1, 0.15) is 0 Å². The molecular weight excluding hydrogens is 717 g/mol. The average Bonchev–Trinajstić information content (AvgIpc) is 3.69. The quantitative estimate of drug-likeness (QED) is 0.168. The third-order valence-electron chi connectivity index (χ3n) is 12.4. The maximum atomic E-state index is 6.34. The highest BCUT2D eigenvalue weighted by molar-refractivity contribution is 6.37. The molecule has 0 saturated carbocycles. The van der Waals surface area contributed by atoms with Crippen LogP contribution < -0.4 is 0 Å². The van der Waals surface area contributed by atoms with Crippen molar-refractivity contribution in [3.8, 4) is 45.0 Å². The highest BCUT2D eigenvalue weighted by Gasteiger charge is 2.20. The van der Waals surface area contributed by atoms with E-state index in [1.807, 2.05) is 36.4 Å². The molecule has 0 spiro atoms. The summed E-state index contributed by atoms with van der Waals surface area (Å²) in [5.74, 6) is 0.677. The lowest BCUT2D eigenvalue weighted by Gasteiger charge is -2.18. The molecule has 272 valence electrons. The van der Waals surface area contributed by atoms with Gasteiger partial charge >= 0.3 is 0 Å². The summed E-state index contributed by atoms with van der Waals surface area (Å²) in [6, 6.07) is 69.9. The van der Waals surface area contributed by atoms with E-state index < -0.39 is 0 Å². The van der Waals surface area contributed by atoms with Crippen LogP contribution in [0.2, 0.25) is 0 Å². The third-order valence-corrected chi connectivity index (χ3v) is 12.4. The van der Waals surface area contributed by atoms with Crippen LogP contribution in [0.5, 0.6) is 0 Å².